The van der Waals surface area contributed by atoms with E-state index in [1.54, 1.807) is 12.1 Å². The van der Waals surface area contributed by atoms with Crippen LogP contribution in [0.15, 0.2) is 36.4 Å². The summed E-state index contributed by atoms with van der Waals surface area (Å²) in [5.74, 6) is -0.420. The summed E-state index contributed by atoms with van der Waals surface area (Å²) in [5, 5.41) is 6.81. The van der Waals surface area contributed by atoms with Gasteiger partial charge in [0, 0.05) is 12.2 Å². The number of nitrogens with one attached hydrogen (secondary N) is 2. The minimum absolute atomic E-state index is 0.113. The Labute approximate surface area is 134 Å². The summed E-state index contributed by atoms with van der Waals surface area (Å²) in [6.07, 6.45) is 0. The second-order valence-corrected chi connectivity index (χ2v) is 5.67. The SMILES string of the molecule is Cc1ccc(NC(=S)NCc2ccc(F)c(Cl)c2)cc1C. The molecule has 0 heterocycles. The molecule has 5 heteroatoms. The van der Waals surface area contributed by atoms with Crippen molar-refractivity contribution in [2.24, 2.45) is 0 Å². The van der Waals surface area contributed by atoms with Crippen LogP contribution in [0.1, 0.15) is 16.7 Å². The first-order chi connectivity index (χ1) is 9.95. The van der Waals surface area contributed by atoms with Crippen LogP contribution in [-0.2, 0) is 6.54 Å². The molecule has 0 aromatic heterocycles. The zero-order valence-electron chi connectivity index (χ0n) is 11.8. The van der Waals surface area contributed by atoms with Crippen LogP contribution < -0.4 is 10.6 Å². The summed E-state index contributed by atoms with van der Waals surface area (Å²) in [7, 11) is 0. The molecule has 2 rings (SSSR count). The fourth-order valence-electron chi connectivity index (χ4n) is 1.83. The maximum absolute atomic E-state index is 13.1. The van der Waals surface area contributed by atoms with Crippen molar-refractivity contribution < 1.29 is 4.39 Å². The Kier molecular flexibility index (Phi) is 5.15. The van der Waals surface area contributed by atoms with Gasteiger partial charge in [0.1, 0.15) is 5.82 Å². The van der Waals surface area contributed by atoms with Crippen molar-refractivity contribution in [2.45, 2.75) is 20.4 Å². The monoisotopic (exact) mass is 322 g/mol. The van der Waals surface area contributed by atoms with Gasteiger partial charge in [-0.25, -0.2) is 4.39 Å². The minimum atomic E-state index is -0.420. The van der Waals surface area contributed by atoms with E-state index in [1.165, 1.54) is 17.2 Å². The molecule has 2 aromatic rings. The van der Waals surface area contributed by atoms with Gasteiger partial charge in [-0.3, -0.25) is 0 Å². The van der Waals surface area contributed by atoms with E-state index in [1.807, 2.05) is 18.2 Å². The summed E-state index contributed by atoms with van der Waals surface area (Å²) in [6, 6.07) is 10.7. The number of thiocarbonyl (C=S) groups is 1. The molecule has 2 nitrogen and oxygen atoms in total. The molecule has 110 valence electrons. The molecule has 0 saturated carbocycles. The zero-order valence-corrected chi connectivity index (χ0v) is 13.4. The van der Waals surface area contributed by atoms with Crippen molar-refractivity contribution in [1.82, 2.24) is 5.32 Å². The van der Waals surface area contributed by atoms with Crippen molar-refractivity contribution in [1.29, 1.82) is 0 Å². The van der Waals surface area contributed by atoms with Gasteiger partial charge >= 0.3 is 0 Å². The molecule has 0 aliphatic heterocycles. The average molecular weight is 323 g/mol. The highest BCUT2D eigenvalue weighted by Crippen LogP contribution is 2.16. The van der Waals surface area contributed by atoms with Crippen LogP contribution in [0.5, 0.6) is 0 Å². The number of benzene rings is 2. The lowest BCUT2D eigenvalue weighted by atomic mass is 10.1. The van der Waals surface area contributed by atoms with E-state index in [0.29, 0.717) is 11.7 Å². The summed E-state index contributed by atoms with van der Waals surface area (Å²) in [4.78, 5) is 0. The summed E-state index contributed by atoms with van der Waals surface area (Å²) in [6.45, 7) is 4.60. The Bertz CT molecular complexity index is 673. The van der Waals surface area contributed by atoms with Gasteiger partial charge in [0.05, 0.1) is 5.02 Å². The quantitative estimate of drug-likeness (QED) is 0.809. The van der Waals surface area contributed by atoms with Crippen molar-refractivity contribution in [3.63, 3.8) is 0 Å². The molecule has 0 spiro atoms. The number of anilines is 1. The summed E-state index contributed by atoms with van der Waals surface area (Å²) >= 11 is 11.0. The van der Waals surface area contributed by atoms with E-state index in [4.69, 9.17) is 23.8 Å². The number of halogens is 2. The average Bonchev–Trinajstić information content (AvgIpc) is 2.44. The maximum Gasteiger partial charge on any atom is 0.171 e. The van der Waals surface area contributed by atoms with Crippen LogP contribution in [0, 0.1) is 19.7 Å². The maximum atomic E-state index is 13.1. The van der Waals surface area contributed by atoms with Crippen molar-refractivity contribution in [3.8, 4) is 0 Å². The number of hydrogen-bond donors (Lipinski definition) is 2. The molecule has 0 atom stereocenters. The van der Waals surface area contributed by atoms with Gasteiger partial charge in [0.2, 0.25) is 0 Å². The van der Waals surface area contributed by atoms with E-state index in [2.05, 4.69) is 24.5 Å². The predicted octanol–water partition coefficient (Wildman–Crippen LogP) is 4.58. The molecule has 0 radical (unpaired) electrons. The minimum Gasteiger partial charge on any atom is -0.358 e. The smallest absolute Gasteiger partial charge is 0.171 e. The third kappa shape index (κ3) is 4.41. The first-order valence-corrected chi connectivity index (χ1v) is 7.30. The molecule has 0 unspecified atom stereocenters. The van der Waals surface area contributed by atoms with Crippen LogP contribution >= 0.6 is 23.8 Å². The van der Waals surface area contributed by atoms with E-state index in [9.17, 15) is 4.39 Å². The van der Waals surface area contributed by atoms with Crippen LogP contribution in [0.25, 0.3) is 0 Å². The highest BCUT2D eigenvalue weighted by Gasteiger charge is 2.03. The molecular weight excluding hydrogens is 307 g/mol. The van der Waals surface area contributed by atoms with Crippen LogP contribution in [0.4, 0.5) is 10.1 Å². The first-order valence-electron chi connectivity index (χ1n) is 6.52. The van der Waals surface area contributed by atoms with Gasteiger partial charge in [-0.1, -0.05) is 23.7 Å². The second kappa shape index (κ2) is 6.87. The fourth-order valence-corrected chi connectivity index (χ4v) is 2.22. The fraction of sp³-hybridized carbons (Fsp3) is 0.188. The predicted molar refractivity (Wildman–Crippen MR) is 90.4 cm³/mol. The molecular formula is C16H16ClFN2S. The molecule has 0 bridgehead atoms. The lowest BCUT2D eigenvalue weighted by Crippen LogP contribution is -2.27. The topological polar surface area (TPSA) is 24.1 Å². The molecule has 0 amide bonds. The molecule has 0 aliphatic rings. The number of rotatable bonds is 3. The second-order valence-electron chi connectivity index (χ2n) is 4.86. The first kappa shape index (κ1) is 15.7. The molecule has 0 aliphatic carbocycles. The van der Waals surface area contributed by atoms with Crippen LogP contribution in [0.2, 0.25) is 5.02 Å². The lowest BCUT2D eigenvalue weighted by molar-refractivity contribution is 0.627. The van der Waals surface area contributed by atoms with Gasteiger partial charge < -0.3 is 10.6 Å². The van der Waals surface area contributed by atoms with Gasteiger partial charge in [-0.2, -0.15) is 0 Å². The third-order valence-corrected chi connectivity index (χ3v) is 3.74. The Morgan fingerprint density at radius 2 is 1.90 bits per heavy atom. The summed E-state index contributed by atoms with van der Waals surface area (Å²) in [5.41, 5.74) is 4.24. The van der Waals surface area contributed by atoms with Gasteiger partial charge in [-0.15, -0.1) is 0 Å². The Balaban J connectivity index is 1.92. The van der Waals surface area contributed by atoms with Gasteiger partial charge in [0.15, 0.2) is 5.11 Å². The molecule has 21 heavy (non-hydrogen) atoms. The lowest BCUT2D eigenvalue weighted by Gasteiger charge is -2.12. The Hall–Kier alpha value is -1.65. The summed E-state index contributed by atoms with van der Waals surface area (Å²) < 4.78 is 13.1. The van der Waals surface area contributed by atoms with Gasteiger partial charge in [-0.05, 0) is 67.0 Å². The number of hydrogen-bond acceptors (Lipinski definition) is 1. The van der Waals surface area contributed by atoms with E-state index >= 15 is 0 Å². The van der Waals surface area contributed by atoms with Crippen LogP contribution in [0.3, 0.4) is 0 Å². The van der Waals surface area contributed by atoms with E-state index < -0.39 is 5.82 Å². The van der Waals surface area contributed by atoms with Crippen LogP contribution in [-0.4, -0.2) is 5.11 Å². The van der Waals surface area contributed by atoms with E-state index in [0.717, 1.165) is 11.3 Å². The molecule has 2 N–H and O–H groups in total. The largest absolute Gasteiger partial charge is 0.358 e. The highest BCUT2D eigenvalue weighted by atomic mass is 35.5. The normalized spacial score (nSPS) is 10.3. The standard InChI is InChI=1S/C16H16ClFN2S/c1-10-3-5-13(7-11(10)2)20-16(21)19-9-12-4-6-15(18)14(17)8-12/h3-8H,9H2,1-2H3,(H2,19,20,21). The third-order valence-electron chi connectivity index (χ3n) is 3.20. The Morgan fingerprint density at radius 3 is 2.57 bits per heavy atom. The molecule has 0 saturated heterocycles. The molecule has 2 aromatic carbocycles. The highest BCUT2D eigenvalue weighted by molar-refractivity contribution is 7.80. The van der Waals surface area contributed by atoms with E-state index in [-0.39, 0.29) is 5.02 Å². The zero-order chi connectivity index (χ0) is 15.4. The van der Waals surface area contributed by atoms with Crippen molar-refractivity contribution in [2.75, 3.05) is 5.32 Å². The van der Waals surface area contributed by atoms with Crippen molar-refractivity contribution in [3.05, 3.63) is 63.9 Å². The molecule has 0 fully saturated rings. The van der Waals surface area contributed by atoms with Crippen molar-refractivity contribution >= 4 is 34.6 Å². The van der Waals surface area contributed by atoms with Gasteiger partial charge in [0.25, 0.3) is 0 Å². The Morgan fingerprint density at radius 1 is 1.14 bits per heavy atom. The number of aryl methyl sites for hydroxylation is 2.